The number of rotatable bonds is 3. The molecule has 2 aromatic rings. The van der Waals surface area contributed by atoms with Gasteiger partial charge in [0.2, 0.25) is 5.95 Å². The van der Waals surface area contributed by atoms with Crippen molar-refractivity contribution in [2.75, 3.05) is 23.3 Å². The standard InChI is InChI=1S/C18H20N4O2/c23-17(16-8-7-13-5-1-2-6-15(13)24-16)21-14-11-19-18(20-12-14)22-9-3-4-10-22/h1-2,5-6,11-12,16H,3-4,7-10H2,(H,21,23). The van der Waals surface area contributed by atoms with Crippen LogP contribution in [0, 0.1) is 0 Å². The third-order valence-electron chi connectivity index (χ3n) is 4.50. The monoisotopic (exact) mass is 324 g/mol. The van der Waals surface area contributed by atoms with Crippen LogP contribution in [0.4, 0.5) is 11.6 Å². The van der Waals surface area contributed by atoms with E-state index in [1.54, 1.807) is 12.4 Å². The minimum absolute atomic E-state index is 0.151. The van der Waals surface area contributed by atoms with E-state index < -0.39 is 6.10 Å². The number of ether oxygens (including phenoxy) is 1. The molecule has 1 N–H and O–H groups in total. The van der Waals surface area contributed by atoms with Crippen LogP contribution >= 0.6 is 0 Å². The number of fused-ring (bicyclic) bond motifs is 1. The Morgan fingerprint density at radius 3 is 2.71 bits per heavy atom. The number of amides is 1. The molecule has 0 saturated carbocycles. The van der Waals surface area contributed by atoms with E-state index in [2.05, 4.69) is 20.2 Å². The minimum Gasteiger partial charge on any atom is -0.480 e. The maximum atomic E-state index is 12.4. The molecule has 0 aliphatic carbocycles. The smallest absolute Gasteiger partial charge is 0.265 e. The molecule has 1 fully saturated rings. The van der Waals surface area contributed by atoms with Crippen LogP contribution in [-0.4, -0.2) is 35.1 Å². The molecule has 4 rings (SSSR count). The van der Waals surface area contributed by atoms with Gasteiger partial charge < -0.3 is 15.0 Å². The second-order valence-corrected chi connectivity index (χ2v) is 6.21. The quantitative estimate of drug-likeness (QED) is 0.939. The number of anilines is 2. The first-order valence-electron chi connectivity index (χ1n) is 8.42. The summed E-state index contributed by atoms with van der Waals surface area (Å²) in [7, 11) is 0. The van der Waals surface area contributed by atoms with Crippen LogP contribution in [0.25, 0.3) is 0 Å². The molecule has 1 atom stereocenters. The van der Waals surface area contributed by atoms with Crippen molar-refractivity contribution in [1.82, 2.24) is 9.97 Å². The van der Waals surface area contributed by atoms with Gasteiger partial charge in [-0.25, -0.2) is 9.97 Å². The van der Waals surface area contributed by atoms with Gasteiger partial charge >= 0.3 is 0 Å². The molecule has 1 unspecified atom stereocenters. The molecule has 24 heavy (non-hydrogen) atoms. The van der Waals surface area contributed by atoms with Gasteiger partial charge in [0, 0.05) is 13.1 Å². The Balaban J connectivity index is 1.39. The zero-order valence-electron chi connectivity index (χ0n) is 13.4. The Morgan fingerprint density at radius 2 is 1.92 bits per heavy atom. The summed E-state index contributed by atoms with van der Waals surface area (Å²) >= 11 is 0. The largest absolute Gasteiger partial charge is 0.480 e. The maximum Gasteiger partial charge on any atom is 0.265 e. The number of aryl methyl sites for hydroxylation is 1. The third-order valence-corrected chi connectivity index (χ3v) is 4.50. The lowest BCUT2D eigenvalue weighted by molar-refractivity contribution is -0.123. The highest BCUT2D eigenvalue weighted by molar-refractivity contribution is 5.94. The van der Waals surface area contributed by atoms with Crippen molar-refractivity contribution in [2.45, 2.75) is 31.8 Å². The van der Waals surface area contributed by atoms with Crippen molar-refractivity contribution in [2.24, 2.45) is 0 Å². The van der Waals surface area contributed by atoms with E-state index in [0.29, 0.717) is 12.1 Å². The predicted molar refractivity (Wildman–Crippen MR) is 91.3 cm³/mol. The molecular weight excluding hydrogens is 304 g/mol. The second-order valence-electron chi connectivity index (χ2n) is 6.21. The highest BCUT2D eigenvalue weighted by Gasteiger charge is 2.26. The molecule has 0 spiro atoms. The average Bonchev–Trinajstić information content (AvgIpc) is 3.16. The van der Waals surface area contributed by atoms with Crippen molar-refractivity contribution in [1.29, 1.82) is 0 Å². The fourth-order valence-corrected chi connectivity index (χ4v) is 3.20. The zero-order valence-corrected chi connectivity index (χ0v) is 13.4. The summed E-state index contributed by atoms with van der Waals surface area (Å²) in [4.78, 5) is 23.3. The van der Waals surface area contributed by atoms with E-state index in [4.69, 9.17) is 4.74 Å². The lowest BCUT2D eigenvalue weighted by atomic mass is 10.0. The topological polar surface area (TPSA) is 67.4 Å². The van der Waals surface area contributed by atoms with Crippen molar-refractivity contribution in [3.63, 3.8) is 0 Å². The van der Waals surface area contributed by atoms with Gasteiger partial charge in [-0.2, -0.15) is 0 Å². The first-order valence-corrected chi connectivity index (χ1v) is 8.42. The SMILES string of the molecule is O=C(Nc1cnc(N2CCCC2)nc1)C1CCc2ccccc2O1. The van der Waals surface area contributed by atoms with E-state index in [1.165, 1.54) is 12.8 Å². The van der Waals surface area contributed by atoms with Gasteiger partial charge in [-0.15, -0.1) is 0 Å². The Morgan fingerprint density at radius 1 is 1.17 bits per heavy atom. The summed E-state index contributed by atoms with van der Waals surface area (Å²) in [5.41, 5.74) is 1.75. The number of aromatic nitrogens is 2. The molecule has 6 nitrogen and oxygen atoms in total. The van der Waals surface area contributed by atoms with Crippen LogP contribution in [0.5, 0.6) is 5.75 Å². The van der Waals surface area contributed by atoms with Crippen LogP contribution in [0.3, 0.4) is 0 Å². The van der Waals surface area contributed by atoms with Gasteiger partial charge in [-0.05, 0) is 37.3 Å². The number of carbonyl (C=O) groups excluding carboxylic acids is 1. The molecule has 2 aliphatic heterocycles. The van der Waals surface area contributed by atoms with Crippen LogP contribution in [0.1, 0.15) is 24.8 Å². The summed E-state index contributed by atoms with van der Waals surface area (Å²) in [6, 6.07) is 7.85. The number of hydrogen-bond donors (Lipinski definition) is 1. The average molecular weight is 324 g/mol. The number of benzene rings is 1. The first kappa shape index (κ1) is 14.9. The molecule has 1 amide bonds. The number of nitrogens with zero attached hydrogens (tertiary/aromatic N) is 3. The summed E-state index contributed by atoms with van der Waals surface area (Å²) in [5.74, 6) is 1.37. The molecule has 3 heterocycles. The molecule has 6 heteroatoms. The molecule has 0 bridgehead atoms. The normalized spacial score (nSPS) is 19.5. The predicted octanol–water partition coefficient (Wildman–Crippen LogP) is 2.41. The summed E-state index contributed by atoms with van der Waals surface area (Å²) < 4.78 is 5.81. The van der Waals surface area contributed by atoms with Crippen molar-refractivity contribution < 1.29 is 9.53 Å². The Bertz CT molecular complexity index is 726. The molecule has 124 valence electrons. The zero-order chi connectivity index (χ0) is 16.4. The minimum atomic E-state index is -0.474. The van der Waals surface area contributed by atoms with E-state index in [0.717, 1.165) is 36.8 Å². The highest BCUT2D eigenvalue weighted by atomic mass is 16.5. The number of hydrogen-bond acceptors (Lipinski definition) is 5. The van der Waals surface area contributed by atoms with Crippen molar-refractivity contribution >= 4 is 17.5 Å². The van der Waals surface area contributed by atoms with Gasteiger partial charge in [0.25, 0.3) is 5.91 Å². The van der Waals surface area contributed by atoms with Gasteiger partial charge in [0.1, 0.15) is 5.75 Å². The maximum absolute atomic E-state index is 12.4. The Labute approximate surface area is 140 Å². The molecule has 1 aromatic heterocycles. The Kier molecular flexibility index (Phi) is 4.02. The van der Waals surface area contributed by atoms with Crippen molar-refractivity contribution in [3.05, 3.63) is 42.2 Å². The lowest BCUT2D eigenvalue weighted by Gasteiger charge is -2.25. The first-order chi connectivity index (χ1) is 11.8. The van der Waals surface area contributed by atoms with Crippen LogP contribution < -0.4 is 15.0 Å². The second kappa shape index (κ2) is 6.47. The van der Waals surface area contributed by atoms with Gasteiger partial charge in [0.05, 0.1) is 18.1 Å². The van der Waals surface area contributed by atoms with Crippen LogP contribution in [0.2, 0.25) is 0 Å². The third kappa shape index (κ3) is 3.04. The summed E-state index contributed by atoms with van der Waals surface area (Å²) in [5, 5.41) is 2.85. The lowest BCUT2D eigenvalue weighted by Crippen LogP contribution is -2.35. The number of para-hydroxylation sites is 1. The van der Waals surface area contributed by atoms with Gasteiger partial charge in [-0.1, -0.05) is 18.2 Å². The molecule has 1 saturated heterocycles. The van der Waals surface area contributed by atoms with Crippen LogP contribution in [-0.2, 0) is 11.2 Å². The highest BCUT2D eigenvalue weighted by Crippen LogP contribution is 2.27. The fourth-order valence-electron chi connectivity index (χ4n) is 3.20. The molecule has 0 radical (unpaired) electrons. The van der Waals surface area contributed by atoms with E-state index in [-0.39, 0.29) is 5.91 Å². The summed E-state index contributed by atoms with van der Waals surface area (Å²) in [6.45, 7) is 2.00. The van der Waals surface area contributed by atoms with Gasteiger partial charge in [-0.3, -0.25) is 4.79 Å². The van der Waals surface area contributed by atoms with Crippen molar-refractivity contribution in [3.8, 4) is 5.75 Å². The summed E-state index contributed by atoms with van der Waals surface area (Å²) in [6.07, 6.45) is 6.74. The van der Waals surface area contributed by atoms with E-state index >= 15 is 0 Å². The van der Waals surface area contributed by atoms with Crippen LogP contribution in [0.15, 0.2) is 36.7 Å². The molecule has 1 aromatic carbocycles. The number of carbonyl (C=O) groups is 1. The fraction of sp³-hybridized carbons (Fsp3) is 0.389. The van der Waals surface area contributed by atoms with E-state index in [9.17, 15) is 4.79 Å². The van der Waals surface area contributed by atoms with Gasteiger partial charge in [0.15, 0.2) is 6.10 Å². The molecule has 2 aliphatic rings. The Hall–Kier alpha value is -2.63. The molecular formula is C18H20N4O2. The van der Waals surface area contributed by atoms with E-state index in [1.807, 2.05) is 24.3 Å². The number of nitrogens with one attached hydrogen (secondary N) is 1.